The monoisotopic (exact) mass is 211 g/mol. The van der Waals surface area contributed by atoms with E-state index in [4.69, 9.17) is 11.1 Å². The lowest BCUT2D eigenvalue weighted by molar-refractivity contribution is 0.234. The minimum Gasteiger partial charge on any atom is -0.387 e. The van der Waals surface area contributed by atoms with Crippen LogP contribution in [-0.2, 0) is 0 Å². The van der Waals surface area contributed by atoms with Crippen molar-refractivity contribution in [1.29, 1.82) is 5.41 Å². The van der Waals surface area contributed by atoms with E-state index >= 15 is 0 Å². The summed E-state index contributed by atoms with van der Waals surface area (Å²) < 4.78 is 0. The first-order chi connectivity index (χ1) is 7.00. The molecule has 0 radical (unpaired) electrons. The smallest absolute Gasteiger partial charge is 0.0947 e. The van der Waals surface area contributed by atoms with Gasteiger partial charge in [-0.15, -0.1) is 0 Å². The molecule has 1 atom stereocenters. The van der Waals surface area contributed by atoms with Gasteiger partial charge in [-0.05, 0) is 31.7 Å². The Labute approximate surface area is 93.5 Å². The zero-order chi connectivity index (χ0) is 11.4. The molecule has 0 aromatic rings. The maximum absolute atomic E-state index is 7.42. The van der Waals surface area contributed by atoms with Gasteiger partial charge in [0.1, 0.15) is 0 Å². The highest BCUT2D eigenvalue weighted by molar-refractivity contribution is 5.79. The Balaban J connectivity index is 2.33. The van der Waals surface area contributed by atoms with Gasteiger partial charge < -0.3 is 5.73 Å². The van der Waals surface area contributed by atoms with Crippen molar-refractivity contribution < 1.29 is 0 Å². The minimum absolute atomic E-state index is 0.206. The van der Waals surface area contributed by atoms with Gasteiger partial charge in [0.15, 0.2) is 0 Å². The fraction of sp³-hybridized carbons (Fsp3) is 0.917. The molecule has 0 amide bonds. The van der Waals surface area contributed by atoms with Crippen LogP contribution in [0.5, 0.6) is 0 Å². The Morgan fingerprint density at radius 2 is 2.00 bits per heavy atom. The van der Waals surface area contributed by atoms with Crippen molar-refractivity contribution in [2.24, 2.45) is 17.6 Å². The number of rotatable bonds is 7. The van der Waals surface area contributed by atoms with Crippen LogP contribution in [0.25, 0.3) is 0 Å². The summed E-state index contributed by atoms with van der Waals surface area (Å²) in [5.74, 6) is 1.29. The summed E-state index contributed by atoms with van der Waals surface area (Å²) in [4.78, 5) is 2.52. The normalized spacial score (nSPS) is 18.5. The first-order valence-electron chi connectivity index (χ1n) is 6.08. The zero-order valence-electron chi connectivity index (χ0n) is 10.3. The topological polar surface area (TPSA) is 53.1 Å². The van der Waals surface area contributed by atoms with E-state index in [0.29, 0.717) is 5.84 Å². The van der Waals surface area contributed by atoms with E-state index in [0.717, 1.165) is 18.5 Å². The summed E-state index contributed by atoms with van der Waals surface area (Å²) in [6.45, 7) is 8.71. The van der Waals surface area contributed by atoms with Gasteiger partial charge in [-0.2, -0.15) is 0 Å². The third kappa shape index (κ3) is 4.65. The van der Waals surface area contributed by atoms with E-state index in [2.05, 4.69) is 18.7 Å². The second-order valence-corrected chi connectivity index (χ2v) is 5.27. The number of amidine groups is 1. The zero-order valence-corrected chi connectivity index (χ0v) is 10.3. The van der Waals surface area contributed by atoms with E-state index in [-0.39, 0.29) is 5.92 Å². The van der Waals surface area contributed by atoms with Crippen molar-refractivity contribution in [1.82, 2.24) is 4.90 Å². The van der Waals surface area contributed by atoms with Gasteiger partial charge in [-0.1, -0.05) is 20.8 Å². The predicted molar refractivity (Wildman–Crippen MR) is 65.1 cm³/mol. The van der Waals surface area contributed by atoms with E-state index in [1.54, 1.807) is 0 Å². The van der Waals surface area contributed by atoms with Gasteiger partial charge in [0.2, 0.25) is 0 Å². The highest BCUT2D eigenvalue weighted by atomic mass is 15.2. The number of hydrogen-bond donors (Lipinski definition) is 2. The van der Waals surface area contributed by atoms with Crippen molar-refractivity contribution in [3.05, 3.63) is 0 Å². The molecule has 3 N–H and O–H groups in total. The summed E-state index contributed by atoms with van der Waals surface area (Å²) in [7, 11) is 0. The summed E-state index contributed by atoms with van der Waals surface area (Å²) in [5, 5.41) is 7.42. The van der Waals surface area contributed by atoms with Crippen LogP contribution in [0.2, 0.25) is 0 Å². The summed E-state index contributed by atoms with van der Waals surface area (Å²) in [5.41, 5.74) is 5.52. The molecule has 88 valence electrons. The van der Waals surface area contributed by atoms with Crippen molar-refractivity contribution in [2.45, 2.75) is 46.1 Å². The van der Waals surface area contributed by atoms with Crippen LogP contribution in [0.3, 0.4) is 0 Å². The molecule has 3 heteroatoms. The molecule has 3 nitrogen and oxygen atoms in total. The summed E-state index contributed by atoms with van der Waals surface area (Å²) in [6, 6.07) is 0.783. The maximum atomic E-state index is 7.42. The number of hydrogen-bond acceptors (Lipinski definition) is 2. The van der Waals surface area contributed by atoms with Crippen molar-refractivity contribution in [2.75, 3.05) is 13.1 Å². The summed E-state index contributed by atoms with van der Waals surface area (Å²) >= 11 is 0. The fourth-order valence-electron chi connectivity index (χ4n) is 1.74. The highest BCUT2D eigenvalue weighted by Gasteiger charge is 2.29. The Bertz CT molecular complexity index is 209. The summed E-state index contributed by atoms with van der Waals surface area (Å²) in [6.07, 6.45) is 3.92. The van der Waals surface area contributed by atoms with Crippen molar-refractivity contribution >= 4 is 5.84 Å². The molecule has 15 heavy (non-hydrogen) atoms. The van der Waals surface area contributed by atoms with Gasteiger partial charge in [-0.3, -0.25) is 10.3 Å². The largest absolute Gasteiger partial charge is 0.387 e. The molecular formula is C12H25N3. The molecule has 1 saturated carbocycles. The molecular weight excluding hydrogens is 186 g/mol. The third-order valence-electron chi connectivity index (χ3n) is 3.10. The first kappa shape index (κ1) is 12.5. The molecule has 1 fully saturated rings. The van der Waals surface area contributed by atoms with Crippen LogP contribution in [0, 0.1) is 17.2 Å². The quantitative estimate of drug-likeness (QED) is 0.500. The van der Waals surface area contributed by atoms with Crippen LogP contribution in [-0.4, -0.2) is 29.9 Å². The molecule has 0 aromatic heterocycles. The molecule has 0 bridgehead atoms. The average molecular weight is 211 g/mol. The van der Waals surface area contributed by atoms with E-state index < -0.39 is 0 Å². The van der Waals surface area contributed by atoms with Gasteiger partial charge >= 0.3 is 0 Å². The highest BCUT2D eigenvalue weighted by Crippen LogP contribution is 2.28. The Kier molecular flexibility index (Phi) is 4.58. The molecule has 0 spiro atoms. The van der Waals surface area contributed by atoms with Gasteiger partial charge in [0.25, 0.3) is 0 Å². The minimum atomic E-state index is 0.206. The first-order valence-corrected chi connectivity index (χ1v) is 6.08. The number of nitrogens with zero attached hydrogens (tertiary/aromatic N) is 1. The molecule has 1 rings (SSSR count). The fourth-order valence-corrected chi connectivity index (χ4v) is 1.74. The van der Waals surface area contributed by atoms with Crippen molar-refractivity contribution in [3.63, 3.8) is 0 Å². The molecule has 1 aliphatic rings. The number of nitrogens with two attached hydrogens (primary N) is 1. The second-order valence-electron chi connectivity index (χ2n) is 5.27. The van der Waals surface area contributed by atoms with Crippen LogP contribution < -0.4 is 5.73 Å². The Morgan fingerprint density at radius 1 is 1.40 bits per heavy atom. The Morgan fingerprint density at radius 3 is 2.40 bits per heavy atom. The molecule has 0 aliphatic heterocycles. The van der Waals surface area contributed by atoms with Crippen LogP contribution in [0.4, 0.5) is 0 Å². The lowest BCUT2D eigenvalue weighted by Crippen LogP contribution is -2.36. The molecule has 0 heterocycles. The molecule has 0 saturated heterocycles. The van der Waals surface area contributed by atoms with Crippen LogP contribution >= 0.6 is 0 Å². The molecule has 1 aliphatic carbocycles. The standard InChI is InChI=1S/C12H25N3/c1-9(2)6-7-15(11-4-5-11)8-10(3)12(13)14/h9-11H,4-8H2,1-3H3,(H3,13,14). The van der Waals surface area contributed by atoms with Crippen LogP contribution in [0.15, 0.2) is 0 Å². The van der Waals surface area contributed by atoms with E-state index in [9.17, 15) is 0 Å². The molecule has 1 unspecified atom stereocenters. The SMILES string of the molecule is CC(C)CCN(CC(C)C(=N)N)C1CC1. The van der Waals surface area contributed by atoms with Gasteiger partial charge in [0.05, 0.1) is 5.84 Å². The maximum Gasteiger partial charge on any atom is 0.0947 e. The van der Waals surface area contributed by atoms with Crippen molar-refractivity contribution in [3.8, 4) is 0 Å². The predicted octanol–water partition coefficient (Wildman–Crippen LogP) is 2.07. The Hall–Kier alpha value is -0.570. The third-order valence-corrected chi connectivity index (χ3v) is 3.10. The second kappa shape index (κ2) is 5.50. The van der Waals surface area contributed by atoms with E-state index in [1.807, 2.05) is 6.92 Å². The average Bonchev–Trinajstić information content (AvgIpc) is 2.94. The van der Waals surface area contributed by atoms with E-state index in [1.165, 1.54) is 25.8 Å². The number of nitrogens with one attached hydrogen (secondary N) is 1. The van der Waals surface area contributed by atoms with Gasteiger partial charge in [0, 0.05) is 18.5 Å². The van der Waals surface area contributed by atoms with Gasteiger partial charge in [-0.25, -0.2) is 0 Å². The lowest BCUT2D eigenvalue weighted by atomic mass is 10.1. The lowest BCUT2D eigenvalue weighted by Gasteiger charge is -2.25. The van der Waals surface area contributed by atoms with Crippen LogP contribution in [0.1, 0.15) is 40.0 Å². The molecule has 0 aromatic carbocycles.